The summed E-state index contributed by atoms with van der Waals surface area (Å²) in [6.07, 6.45) is 12.9. The van der Waals surface area contributed by atoms with Gasteiger partial charge in [0.2, 0.25) is 0 Å². The van der Waals surface area contributed by atoms with Crippen LogP contribution in [-0.2, 0) is 5.60 Å². The predicted molar refractivity (Wildman–Crippen MR) is 120 cm³/mol. The second kappa shape index (κ2) is 6.49. The van der Waals surface area contributed by atoms with Gasteiger partial charge in [0.05, 0.1) is 0 Å². The predicted octanol–water partition coefficient (Wildman–Crippen LogP) is 6.70. The molecular formula is C28H19O. The van der Waals surface area contributed by atoms with Crippen LogP contribution in [0.25, 0.3) is 27.6 Å². The van der Waals surface area contributed by atoms with Gasteiger partial charge in [0.1, 0.15) is 5.75 Å². The summed E-state index contributed by atoms with van der Waals surface area (Å²) in [7, 11) is 0. The zero-order valence-electron chi connectivity index (χ0n) is 15.9. The van der Waals surface area contributed by atoms with E-state index >= 15 is 0 Å². The van der Waals surface area contributed by atoms with Gasteiger partial charge in [-0.3, -0.25) is 0 Å². The second-order valence-electron chi connectivity index (χ2n) is 7.54. The minimum atomic E-state index is -0.636. The van der Waals surface area contributed by atoms with Gasteiger partial charge in [0.25, 0.3) is 0 Å². The molecule has 1 heteroatoms. The van der Waals surface area contributed by atoms with Gasteiger partial charge in [0.15, 0.2) is 5.60 Å². The number of benzene rings is 4. The molecule has 137 valence electrons. The average Bonchev–Trinajstić information content (AvgIpc) is 3.35. The van der Waals surface area contributed by atoms with E-state index in [2.05, 4.69) is 111 Å². The Morgan fingerprint density at radius 3 is 1.90 bits per heavy atom. The van der Waals surface area contributed by atoms with Crippen LogP contribution in [0.15, 0.2) is 84.9 Å². The minimum absolute atomic E-state index is 0.636. The Hall–Kier alpha value is -3.06. The lowest BCUT2D eigenvalue weighted by atomic mass is 9.77. The maximum atomic E-state index is 6.98. The van der Waals surface area contributed by atoms with E-state index in [4.69, 9.17) is 4.74 Å². The van der Waals surface area contributed by atoms with Crippen LogP contribution in [0.4, 0.5) is 0 Å². The molecule has 1 aliphatic heterocycles. The van der Waals surface area contributed by atoms with Crippen molar-refractivity contribution in [2.45, 2.75) is 5.60 Å². The van der Waals surface area contributed by atoms with Crippen molar-refractivity contribution in [3.63, 3.8) is 0 Å². The monoisotopic (exact) mass is 371 g/mol. The van der Waals surface area contributed by atoms with Crippen molar-refractivity contribution >= 4 is 27.6 Å². The van der Waals surface area contributed by atoms with Gasteiger partial charge >= 0.3 is 0 Å². The summed E-state index contributed by atoms with van der Waals surface area (Å²) < 4.78 is 6.98. The van der Waals surface area contributed by atoms with E-state index < -0.39 is 5.60 Å². The topological polar surface area (TPSA) is 9.23 Å². The average molecular weight is 371 g/mol. The second-order valence-corrected chi connectivity index (χ2v) is 7.54. The highest BCUT2D eigenvalue weighted by molar-refractivity contribution is 6.14. The van der Waals surface area contributed by atoms with Crippen molar-refractivity contribution in [2.24, 2.45) is 0 Å². The maximum absolute atomic E-state index is 6.98. The number of hydrogen-bond acceptors (Lipinski definition) is 1. The van der Waals surface area contributed by atoms with Crippen LogP contribution in [0.2, 0.25) is 0 Å². The standard InChI is InChI=1S/C28H19O/c1-2-10-20(11-3-1)28(21-12-4-5-13-21)19-18-26-24-16-7-6-14-22(24)23-15-8-9-17-25(23)27(26)29-28/h1-19H. The molecule has 1 heterocycles. The van der Waals surface area contributed by atoms with Gasteiger partial charge in [0, 0.05) is 16.9 Å². The third-order valence-corrected chi connectivity index (χ3v) is 5.97. The Bertz CT molecular complexity index is 1230. The number of fused-ring (bicyclic) bond motifs is 6. The highest BCUT2D eigenvalue weighted by atomic mass is 16.5. The van der Waals surface area contributed by atoms with E-state index in [0.717, 1.165) is 28.2 Å². The van der Waals surface area contributed by atoms with Crippen LogP contribution in [0.5, 0.6) is 5.75 Å². The van der Waals surface area contributed by atoms with Crippen molar-refractivity contribution < 1.29 is 4.74 Å². The minimum Gasteiger partial charge on any atom is -0.477 e. The molecule has 1 atom stereocenters. The molecule has 0 bridgehead atoms. The third-order valence-electron chi connectivity index (χ3n) is 5.97. The first-order valence-electron chi connectivity index (χ1n) is 9.96. The lowest BCUT2D eigenvalue weighted by Crippen LogP contribution is -2.39. The smallest absolute Gasteiger partial charge is 0.159 e. The first-order chi connectivity index (χ1) is 14.4. The molecule has 5 radical (unpaired) electrons. The van der Waals surface area contributed by atoms with Crippen LogP contribution in [0.3, 0.4) is 0 Å². The third kappa shape index (κ3) is 2.47. The van der Waals surface area contributed by atoms with Crippen molar-refractivity contribution in [3.8, 4) is 5.75 Å². The Balaban J connectivity index is 1.65. The molecule has 2 aliphatic rings. The lowest BCUT2D eigenvalue weighted by molar-refractivity contribution is 0.143. The van der Waals surface area contributed by atoms with Crippen molar-refractivity contribution in [1.82, 2.24) is 0 Å². The van der Waals surface area contributed by atoms with Crippen LogP contribution in [0.1, 0.15) is 11.1 Å². The lowest BCUT2D eigenvalue weighted by Gasteiger charge is -2.40. The molecule has 0 N–H and O–H groups in total. The Morgan fingerprint density at radius 2 is 1.17 bits per heavy atom. The van der Waals surface area contributed by atoms with Gasteiger partial charge in [-0.05, 0) is 53.5 Å². The first-order valence-corrected chi connectivity index (χ1v) is 9.96. The van der Waals surface area contributed by atoms with E-state index in [1.54, 1.807) is 0 Å². The molecular weight excluding hydrogens is 352 g/mol. The molecule has 4 aromatic rings. The van der Waals surface area contributed by atoms with E-state index in [1.165, 1.54) is 16.2 Å². The summed E-state index contributed by atoms with van der Waals surface area (Å²) in [5, 5.41) is 4.86. The van der Waals surface area contributed by atoms with Gasteiger partial charge in [-0.15, -0.1) is 0 Å². The fraction of sp³-hybridized carbons (Fsp3) is 0.0357. The summed E-state index contributed by atoms with van der Waals surface area (Å²) in [5.41, 5.74) is 1.64. The summed E-state index contributed by atoms with van der Waals surface area (Å²) >= 11 is 0. The fourth-order valence-electron chi connectivity index (χ4n) is 4.59. The van der Waals surface area contributed by atoms with E-state index in [0.29, 0.717) is 0 Å². The molecule has 1 saturated carbocycles. The van der Waals surface area contributed by atoms with Crippen LogP contribution in [0, 0.1) is 31.6 Å². The molecule has 0 saturated heterocycles. The zero-order chi connectivity index (χ0) is 19.3. The Labute approximate surface area is 171 Å². The van der Waals surface area contributed by atoms with Gasteiger partial charge in [-0.2, -0.15) is 0 Å². The highest BCUT2D eigenvalue weighted by Gasteiger charge is 2.45. The summed E-state index contributed by atoms with van der Waals surface area (Å²) in [5.74, 6) is 2.09. The van der Waals surface area contributed by atoms with E-state index in [9.17, 15) is 0 Å². The number of hydrogen-bond donors (Lipinski definition) is 0. The van der Waals surface area contributed by atoms with Crippen molar-refractivity contribution in [3.05, 3.63) is 128 Å². The van der Waals surface area contributed by atoms with Gasteiger partial charge in [-0.1, -0.05) is 84.9 Å². The van der Waals surface area contributed by atoms with Crippen LogP contribution < -0.4 is 4.74 Å². The van der Waals surface area contributed by atoms with Crippen LogP contribution >= 0.6 is 0 Å². The van der Waals surface area contributed by atoms with Gasteiger partial charge in [-0.25, -0.2) is 0 Å². The molecule has 29 heavy (non-hydrogen) atoms. The largest absolute Gasteiger partial charge is 0.477 e. The normalized spacial score (nSPS) is 21.4. The molecule has 1 unspecified atom stereocenters. The Kier molecular flexibility index (Phi) is 3.77. The molecule has 0 aromatic heterocycles. The Morgan fingerprint density at radius 1 is 0.586 bits per heavy atom. The molecule has 1 nitrogen and oxygen atoms in total. The molecule has 0 spiro atoms. The SMILES string of the molecule is [CH]1[CH][CH][C](C2(c3ccccc3)C=Cc3c(c4ccccc4c4ccccc34)O2)[CH]1. The van der Waals surface area contributed by atoms with E-state index in [1.807, 2.05) is 6.07 Å². The summed E-state index contributed by atoms with van der Waals surface area (Å²) in [6.45, 7) is 0. The summed E-state index contributed by atoms with van der Waals surface area (Å²) in [4.78, 5) is 0. The van der Waals surface area contributed by atoms with E-state index in [-0.39, 0.29) is 0 Å². The molecule has 4 aromatic carbocycles. The van der Waals surface area contributed by atoms with Crippen LogP contribution in [-0.4, -0.2) is 0 Å². The number of rotatable bonds is 2. The molecule has 0 amide bonds. The molecule has 1 aliphatic carbocycles. The van der Waals surface area contributed by atoms with Gasteiger partial charge < -0.3 is 4.74 Å². The highest BCUT2D eigenvalue weighted by Crippen LogP contribution is 2.51. The first kappa shape index (κ1) is 16.9. The zero-order valence-corrected chi connectivity index (χ0v) is 15.9. The van der Waals surface area contributed by atoms with Crippen molar-refractivity contribution in [2.75, 3.05) is 0 Å². The molecule has 6 rings (SSSR count). The number of ether oxygens (including phenoxy) is 1. The quantitative estimate of drug-likeness (QED) is 0.356. The maximum Gasteiger partial charge on any atom is 0.159 e. The van der Waals surface area contributed by atoms with Crippen molar-refractivity contribution in [1.29, 1.82) is 0 Å². The fourth-order valence-corrected chi connectivity index (χ4v) is 4.59. The molecule has 1 fully saturated rings. The summed E-state index contributed by atoms with van der Waals surface area (Å²) in [6, 6.07) is 27.6.